The predicted molar refractivity (Wildman–Crippen MR) is 59.8 cm³/mol. The summed E-state index contributed by atoms with van der Waals surface area (Å²) in [5.41, 5.74) is 2.20. The van der Waals surface area contributed by atoms with E-state index in [1.165, 1.54) is 0 Å². The van der Waals surface area contributed by atoms with Crippen molar-refractivity contribution >= 4 is 5.65 Å². The molecule has 2 rings (SSSR count). The van der Waals surface area contributed by atoms with Gasteiger partial charge in [0.2, 0.25) is 0 Å². The molecule has 0 atom stereocenters. The molecule has 0 unspecified atom stereocenters. The second-order valence-corrected chi connectivity index (χ2v) is 4.31. The van der Waals surface area contributed by atoms with Gasteiger partial charge in [-0.2, -0.15) is 0 Å². The largest absolute Gasteiger partial charge is 0.386 e. The van der Waals surface area contributed by atoms with Gasteiger partial charge in [0.1, 0.15) is 5.65 Å². The number of hydrogen-bond acceptors (Lipinski definition) is 2. The Hall–Kier alpha value is -1.35. The van der Waals surface area contributed by atoms with E-state index in [-0.39, 0.29) is 0 Å². The van der Waals surface area contributed by atoms with E-state index in [0.717, 1.165) is 23.3 Å². The molecule has 0 saturated heterocycles. The third-order valence-electron chi connectivity index (χ3n) is 2.65. The van der Waals surface area contributed by atoms with Gasteiger partial charge in [0.25, 0.3) is 0 Å². The second kappa shape index (κ2) is 3.35. The molecule has 80 valence electrons. The van der Waals surface area contributed by atoms with E-state index in [1.807, 2.05) is 28.9 Å². The lowest BCUT2D eigenvalue weighted by Gasteiger charge is -2.17. The average molecular weight is 204 g/mol. The Bertz CT molecular complexity index is 480. The van der Waals surface area contributed by atoms with E-state index in [2.05, 4.69) is 11.9 Å². The summed E-state index contributed by atoms with van der Waals surface area (Å²) >= 11 is 0. The van der Waals surface area contributed by atoms with Gasteiger partial charge in [-0.25, -0.2) is 4.98 Å². The van der Waals surface area contributed by atoms with Gasteiger partial charge in [0.15, 0.2) is 0 Å². The number of fused-ring (bicyclic) bond motifs is 1. The van der Waals surface area contributed by atoms with Crippen molar-refractivity contribution in [1.82, 2.24) is 9.38 Å². The van der Waals surface area contributed by atoms with Crippen LogP contribution in [-0.4, -0.2) is 14.5 Å². The fraction of sp³-hybridized carbons (Fsp3) is 0.417. The lowest BCUT2D eigenvalue weighted by Crippen LogP contribution is -2.16. The third-order valence-corrected chi connectivity index (χ3v) is 2.65. The van der Waals surface area contributed by atoms with Gasteiger partial charge in [-0.3, -0.25) is 0 Å². The molecule has 2 aromatic rings. The van der Waals surface area contributed by atoms with Crippen molar-refractivity contribution in [3.05, 3.63) is 35.8 Å². The Morgan fingerprint density at radius 3 is 2.73 bits per heavy atom. The molecule has 1 N–H and O–H groups in total. The van der Waals surface area contributed by atoms with E-state index in [0.29, 0.717) is 0 Å². The predicted octanol–water partition coefficient (Wildman–Crippen LogP) is 2.12. The molecule has 0 bridgehead atoms. The lowest BCUT2D eigenvalue weighted by atomic mass is 10.0. The van der Waals surface area contributed by atoms with Crippen molar-refractivity contribution < 1.29 is 5.11 Å². The molecule has 0 aromatic carbocycles. The van der Waals surface area contributed by atoms with Crippen molar-refractivity contribution in [2.24, 2.45) is 0 Å². The van der Waals surface area contributed by atoms with Crippen LogP contribution in [0.25, 0.3) is 5.65 Å². The summed E-state index contributed by atoms with van der Waals surface area (Å²) in [6.45, 7) is 5.67. The maximum absolute atomic E-state index is 9.92. The first-order chi connectivity index (χ1) is 7.02. The number of pyridine rings is 1. The summed E-state index contributed by atoms with van der Waals surface area (Å²) in [6, 6.07) is 3.86. The number of aromatic nitrogens is 2. The Kier molecular flexibility index (Phi) is 2.27. The fourth-order valence-corrected chi connectivity index (χ4v) is 1.65. The number of nitrogens with zero attached hydrogens (tertiary/aromatic N) is 2. The molecule has 0 aliphatic heterocycles. The smallest absolute Gasteiger partial charge is 0.136 e. The normalized spacial score (nSPS) is 12.3. The lowest BCUT2D eigenvalue weighted by molar-refractivity contribution is 0.0781. The van der Waals surface area contributed by atoms with Crippen LogP contribution in [0, 0.1) is 0 Å². The minimum atomic E-state index is -0.802. The molecule has 2 heterocycles. The van der Waals surface area contributed by atoms with E-state index < -0.39 is 5.60 Å². The first-order valence-electron chi connectivity index (χ1n) is 5.21. The van der Waals surface area contributed by atoms with E-state index in [4.69, 9.17) is 0 Å². The monoisotopic (exact) mass is 204 g/mol. The molecule has 2 aromatic heterocycles. The standard InChI is InChI=1S/C12H16N2O/c1-4-10-7-13-11-6-5-9(8-14(10)11)12(2,3)15/h5-8,15H,4H2,1-3H3. The van der Waals surface area contributed by atoms with Gasteiger partial charge < -0.3 is 9.51 Å². The fourth-order valence-electron chi connectivity index (χ4n) is 1.65. The van der Waals surface area contributed by atoms with Crippen LogP contribution in [0.2, 0.25) is 0 Å². The molecule has 15 heavy (non-hydrogen) atoms. The summed E-state index contributed by atoms with van der Waals surface area (Å²) in [4.78, 5) is 4.29. The molecule has 3 heteroatoms. The van der Waals surface area contributed by atoms with Crippen molar-refractivity contribution in [1.29, 1.82) is 0 Å². The van der Waals surface area contributed by atoms with Crippen molar-refractivity contribution in [3.63, 3.8) is 0 Å². The van der Waals surface area contributed by atoms with Gasteiger partial charge in [0, 0.05) is 18.1 Å². The van der Waals surface area contributed by atoms with Crippen LogP contribution in [0.3, 0.4) is 0 Å². The zero-order valence-corrected chi connectivity index (χ0v) is 9.36. The minimum absolute atomic E-state index is 0.802. The number of hydrogen-bond donors (Lipinski definition) is 1. The van der Waals surface area contributed by atoms with Gasteiger partial charge in [-0.1, -0.05) is 13.0 Å². The number of aryl methyl sites for hydroxylation is 1. The van der Waals surface area contributed by atoms with Gasteiger partial charge in [-0.15, -0.1) is 0 Å². The number of rotatable bonds is 2. The van der Waals surface area contributed by atoms with Crippen molar-refractivity contribution in [2.75, 3.05) is 0 Å². The van der Waals surface area contributed by atoms with Gasteiger partial charge >= 0.3 is 0 Å². The van der Waals surface area contributed by atoms with Crippen LogP contribution >= 0.6 is 0 Å². The summed E-state index contributed by atoms with van der Waals surface area (Å²) in [6.07, 6.45) is 4.78. The summed E-state index contributed by atoms with van der Waals surface area (Å²) in [5, 5.41) is 9.92. The molecular formula is C12H16N2O. The first kappa shape index (κ1) is 10.2. The molecule has 0 aliphatic rings. The zero-order valence-electron chi connectivity index (χ0n) is 9.36. The van der Waals surface area contributed by atoms with Crippen LogP contribution < -0.4 is 0 Å². The SMILES string of the molecule is CCc1cnc2ccc(C(C)(C)O)cn12. The second-order valence-electron chi connectivity index (χ2n) is 4.31. The molecular weight excluding hydrogens is 188 g/mol. The summed E-state index contributed by atoms with van der Waals surface area (Å²) in [5.74, 6) is 0. The van der Waals surface area contributed by atoms with E-state index in [9.17, 15) is 5.11 Å². The Morgan fingerprint density at radius 2 is 2.13 bits per heavy atom. The Morgan fingerprint density at radius 1 is 1.40 bits per heavy atom. The Labute approximate surface area is 89.4 Å². The number of aliphatic hydroxyl groups is 1. The molecule has 0 fully saturated rings. The average Bonchev–Trinajstić information content (AvgIpc) is 2.57. The molecule has 0 spiro atoms. The van der Waals surface area contributed by atoms with Crippen LogP contribution in [0.4, 0.5) is 0 Å². The van der Waals surface area contributed by atoms with Crippen LogP contribution in [0.15, 0.2) is 24.5 Å². The topological polar surface area (TPSA) is 37.5 Å². The minimum Gasteiger partial charge on any atom is -0.386 e. The molecule has 0 saturated carbocycles. The maximum atomic E-state index is 9.92. The van der Waals surface area contributed by atoms with Gasteiger partial charge in [0.05, 0.1) is 5.60 Å². The molecule has 0 amide bonds. The van der Waals surface area contributed by atoms with E-state index in [1.54, 1.807) is 13.8 Å². The molecule has 0 radical (unpaired) electrons. The van der Waals surface area contributed by atoms with Crippen LogP contribution in [0.5, 0.6) is 0 Å². The number of imidazole rings is 1. The highest BCUT2D eigenvalue weighted by Crippen LogP contribution is 2.20. The van der Waals surface area contributed by atoms with Gasteiger partial charge in [-0.05, 0) is 31.9 Å². The maximum Gasteiger partial charge on any atom is 0.136 e. The van der Waals surface area contributed by atoms with Crippen LogP contribution in [0.1, 0.15) is 32.0 Å². The first-order valence-corrected chi connectivity index (χ1v) is 5.21. The highest BCUT2D eigenvalue weighted by molar-refractivity contribution is 5.42. The van der Waals surface area contributed by atoms with Crippen LogP contribution in [-0.2, 0) is 12.0 Å². The van der Waals surface area contributed by atoms with E-state index >= 15 is 0 Å². The Balaban J connectivity index is 2.63. The molecule has 0 aliphatic carbocycles. The summed E-state index contributed by atoms with van der Waals surface area (Å²) < 4.78 is 2.04. The highest BCUT2D eigenvalue weighted by atomic mass is 16.3. The van der Waals surface area contributed by atoms with Crippen molar-refractivity contribution in [2.45, 2.75) is 32.8 Å². The quantitative estimate of drug-likeness (QED) is 0.813. The third kappa shape index (κ3) is 1.75. The highest BCUT2D eigenvalue weighted by Gasteiger charge is 2.16. The zero-order chi connectivity index (χ0) is 11.1. The van der Waals surface area contributed by atoms with Crippen molar-refractivity contribution in [3.8, 4) is 0 Å². The summed E-state index contributed by atoms with van der Waals surface area (Å²) in [7, 11) is 0. The molecule has 3 nitrogen and oxygen atoms in total.